The number of aromatic nitrogens is 3. The predicted molar refractivity (Wildman–Crippen MR) is 123 cm³/mol. The van der Waals surface area contributed by atoms with E-state index in [1.807, 2.05) is 32.9 Å². The molecule has 0 unspecified atom stereocenters. The molecule has 0 spiro atoms. The highest BCUT2D eigenvalue weighted by atomic mass is 16.2. The van der Waals surface area contributed by atoms with E-state index < -0.39 is 6.03 Å². The first-order chi connectivity index (χ1) is 15.4. The van der Waals surface area contributed by atoms with E-state index in [0.29, 0.717) is 43.1 Å². The molecule has 3 heterocycles. The summed E-state index contributed by atoms with van der Waals surface area (Å²) in [5.74, 6) is -0.212. The van der Waals surface area contributed by atoms with Crippen molar-refractivity contribution >= 4 is 28.7 Å². The number of hydrogen-bond acceptors (Lipinski definition) is 5. The number of fused-ring (bicyclic) bond motifs is 1. The number of nitrogens with two attached hydrogens (primary N) is 1. The largest absolute Gasteiger partial charge is 0.379 e. The van der Waals surface area contributed by atoms with Gasteiger partial charge in [0.15, 0.2) is 5.65 Å². The van der Waals surface area contributed by atoms with Crippen LogP contribution in [0.15, 0.2) is 30.6 Å². The summed E-state index contributed by atoms with van der Waals surface area (Å²) >= 11 is 0. The summed E-state index contributed by atoms with van der Waals surface area (Å²) in [6.07, 6.45) is 4.07. The monoisotopic (exact) mass is 435 g/mol. The summed E-state index contributed by atoms with van der Waals surface area (Å²) < 4.78 is 1.79. The van der Waals surface area contributed by atoms with E-state index in [2.05, 4.69) is 26.8 Å². The van der Waals surface area contributed by atoms with Crippen LogP contribution in [0.4, 0.5) is 10.5 Å². The van der Waals surface area contributed by atoms with E-state index in [1.54, 1.807) is 22.0 Å². The van der Waals surface area contributed by atoms with Crippen LogP contribution in [0.25, 0.3) is 11.0 Å². The summed E-state index contributed by atoms with van der Waals surface area (Å²) in [6, 6.07) is 5.74. The third kappa shape index (κ3) is 4.23. The molecule has 9 nitrogen and oxygen atoms in total. The molecule has 168 valence electrons. The fraction of sp³-hybridized carbons (Fsp3) is 0.391. The van der Waals surface area contributed by atoms with E-state index in [1.165, 1.54) is 5.56 Å². The fourth-order valence-electron chi connectivity index (χ4n) is 4.18. The third-order valence-electron chi connectivity index (χ3n) is 6.00. The van der Waals surface area contributed by atoms with Crippen molar-refractivity contribution in [3.05, 3.63) is 52.8 Å². The van der Waals surface area contributed by atoms with Crippen LogP contribution in [-0.4, -0.2) is 50.7 Å². The Hall–Kier alpha value is -3.62. The van der Waals surface area contributed by atoms with Crippen LogP contribution < -0.4 is 16.4 Å². The van der Waals surface area contributed by atoms with Crippen LogP contribution in [0.1, 0.15) is 40.4 Å². The number of benzene rings is 1. The molecule has 0 bridgehead atoms. The van der Waals surface area contributed by atoms with Gasteiger partial charge in [-0.1, -0.05) is 23.8 Å². The standard InChI is InChI=1S/C23H29N7O2/c1-4-30-21-18(12-27-30)20(28-17-7-8-29(13-17)23(24)32)19(11-25-21)22(31)26-10-16-6-5-14(2)9-15(16)3/h5-6,9,11-12,17H,4,7-8,10,13H2,1-3H3,(H2,24,32)(H,25,28)(H,26,31)/t17-/m0/s1. The minimum atomic E-state index is -0.431. The SMILES string of the molecule is CCn1ncc2c(N[C@H]3CCN(C(N)=O)C3)c(C(=O)NCc3ccc(C)cc3C)cnc21. The Labute approximate surface area is 187 Å². The molecule has 0 aliphatic carbocycles. The molecule has 1 aliphatic heterocycles. The molecule has 1 atom stereocenters. The topological polar surface area (TPSA) is 118 Å². The van der Waals surface area contributed by atoms with E-state index in [0.717, 1.165) is 22.9 Å². The van der Waals surface area contributed by atoms with Crippen molar-refractivity contribution in [2.24, 2.45) is 5.73 Å². The van der Waals surface area contributed by atoms with Crippen molar-refractivity contribution in [3.8, 4) is 0 Å². The van der Waals surface area contributed by atoms with Crippen molar-refractivity contribution in [1.82, 2.24) is 25.0 Å². The maximum atomic E-state index is 13.2. The molecule has 3 aromatic rings. The zero-order valence-corrected chi connectivity index (χ0v) is 18.7. The smallest absolute Gasteiger partial charge is 0.314 e. The highest BCUT2D eigenvalue weighted by Gasteiger charge is 2.27. The number of pyridine rings is 1. The number of aryl methyl sites for hydroxylation is 3. The average molecular weight is 436 g/mol. The van der Waals surface area contributed by atoms with E-state index >= 15 is 0 Å². The van der Waals surface area contributed by atoms with Gasteiger partial charge in [0.2, 0.25) is 0 Å². The van der Waals surface area contributed by atoms with Crippen molar-refractivity contribution in [1.29, 1.82) is 0 Å². The lowest BCUT2D eigenvalue weighted by Gasteiger charge is -2.19. The Morgan fingerprint density at radius 1 is 1.25 bits per heavy atom. The summed E-state index contributed by atoms with van der Waals surface area (Å²) in [6.45, 7) is 8.26. The molecule has 1 aromatic carbocycles. The van der Waals surface area contributed by atoms with E-state index in [-0.39, 0.29) is 11.9 Å². The van der Waals surface area contributed by atoms with Gasteiger partial charge in [-0.05, 0) is 38.3 Å². The number of likely N-dealkylation sites (tertiary alicyclic amines) is 1. The lowest BCUT2D eigenvalue weighted by atomic mass is 10.1. The van der Waals surface area contributed by atoms with Crippen molar-refractivity contribution in [2.75, 3.05) is 18.4 Å². The molecule has 4 N–H and O–H groups in total. The van der Waals surface area contributed by atoms with Crippen LogP contribution in [0, 0.1) is 13.8 Å². The second-order valence-corrected chi connectivity index (χ2v) is 8.27. The summed E-state index contributed by atoms with van der Waals surface area (Å²) in [5, 5.41) is 11.7. The number of carbonyl (C=O) groups is 2. The first kappa shape index (κ1) is 21.6. The van der Waals surface area contributed by atoms with Gasteiger partial charge in [0.1, 0.15) is 0 Å². The zero-order chi connectivity index (χ0) is 22.8. The quantitative estimate of drug-likeness (QED) is 0.550. The number of amides is 3. The lowest BCUT2D eigenvalue weighted by molar-refractivity contribution is 0.0951. The predicted octanol–water partition coefficient (Wildman–Crippen LogP) is 2.56. The summed E-state index contributed by atoms with van der Waals surface area (Å²) in [4.78, 5) is 30.8. The molecule has 0 saturated carbocycles. The van der Waals surface area contributed by atoms with Crippen LogP contribution in [0.2, 0.25) is 0 Å². The second-order valence-electron chi connectivity index (χ2n) is 8.27. The van der Waals surface area contributed by atoms with Gasteiger partial charge in [-0.25, -0.2) is 14.5 Å². The average Bonchev–Trinajstić information content (AvgIpc) is 3.40. The fourth-order valence-corrected chi connectivity index (χ4v) is 4.18. The molecule has 9 heteroatoms. The Kier molecular flexibility index (Phi) is 5.98. The Morgan fingerprint density at radius 3 is 2.75 bits per heavy atom. The minimum absolute atomic E-state index is 0.0102. The summed E-state index contributed by atoms with van der Waals surface area (Å²) in [5.41, 5.74) is 10.7. The van der Waals surface area contributed by atoms with Gasteiger partial charge in [-0.3, -0.25) is 4.79 Å². The second kappa shape index (κ2) is 8.86. The molecule has 32 heavy (non-hydrogen) atoms. The van der Waals surface area contributed by atoms with E-state index in [4.69, 9.17) is 5.73 Å². The maximum absolute atomic E-state index is 13.2. The van der Waals surface area contributed by atoms with Crippen LogP contribution in [0.3, 0.4) is 0 Å². The van der Waals surface area contributed by atoms with Gasteiger partial charge in [0.05, 0.1) is 22.8 Å². The molecule has 1 fully saturated rings. The molecule has 1 saturated heterocycles. The number of hydrogen-bond donors (Lipinski definition) is 3. The number of primary amides is 1. The maximum Gasteiger partial charge on any atom is 0.314 e. The number of rotatable bonds is 6. The Morgan fingerprint density at radius 2 is 2.06 bits per heavy atom. The number of anilines is 1. The van der Waals surface area contributed by atoms with Gasteiger partial charge < -0.3 is 21.3 Å². The first-order valence-electron chi connectivity index (χ1n) is 10.9. The lowest BCUT2D eigenvalue weighted by Crippen LogP contribution is -2.35. The highest BCUT2D eigenvalue weighted by Crippen LogP contribution is 2.28. The molecule has 4 rings (SSSR count). The van der Waals surface area contributed by atoms with Gasteiger partial charge in [0.25, 0.3) is 5.91 Å². The number of urea groups is 1. The number of carbonyl (C=O) groups excluding carboxylic acids is 2. The van der Waals surface area contributed by atoms with E-state index in [9.17, 15) is 9.59 Å². The van der Waals surface area contributed by atoms with Crippen LogP contribution >= 0.6 is 0 Å². The zero-order valence-electron chi connectivity index (χ0n) is 18.7. The number of nitrogens with zero attached hydrogens (tertiary/aromatic N) is 4. The van der Waals surface area contributed by atoms with Gasteiger partial charge >= 0.3 is 6.03 Å². The number of nitrogens with one attached hydrogen (secondary N) is 2. The third-order valence-corrected chi connectivity index (χ3v) is 6.00. The van der Waals surface area contributed by atoms with Crippen LogP contribution in [0.5, 0.6) is 0 Å². The molecule has 0 radical (unpaired) electrons. The van der Waals surface area contributed by atoms with Gasteiger partial charge in [0, 0.05) is 38.4 Å². The molecule has 3 amide bonds. The van der Waals surface area contributed by atoms with Crippen LogP contribution in [-0.2, 0) is 13.1 Å². The Bertz CT molecular complexity index is 1170. The van der Waals surface area contributed by atoms with Gasteiger partial charge in [-0.2, -0.15) is 5.10 Å². The van der Waals surface area contributed by atoms with Crippen molar-refractivity contribution < 1.29 is 9.59 Å². The highest BCUT2D eigenvalue weighted by molar-refractivity contribution is 6.06. The molecular weight excluding hydrogens is 406 g/mol. The molecule has 2 aromatic heterocycles. The normalized spacial score (nSPS) is 15.8. The van der Waals surface area contributed by atoms with Crippen molar-refractivity contribution in [3.63, 3.8) is 0 Å². The van der Waals surface area contributed by atoms with Gasteiger partial charge in [-0.15, -0.1) is 0 Å². The minimum Gasteiger partial charge on any atom is -0.379 e. The molecule has 1 aliphatic rings. The Balaban J connectivity index is 1.61. The summed E-state index contributed by atoms with van der Waals surface area (Å²) in [7, 11) is 0. The molecular formula is C23H29N7O2. The first-order valence-corrected chi connectivity index (χ1v) is 10.9. The van der Waals surface area contributed by atoms with Crippen molar-refractivity contribution in [2.45, 2.75) is 46.3 Å².